The number of aromatic nitrogens is 1. The molecule has 2 N–H and O–H groups in total. The van der Waals surface area contributed by atoms with Gasteiger partial charge >= 0.3 is 0 Å². The number of hydrogen-bond donors (Lipinski definition) is 2. The largest absolute Gasteiger partial charge is 0.374 e. The van der Waals surface area contributed by atoms with Crippen LogP contribution in [0.2, 0.25) is 5.15 Å². The van der Waals surface area contributed by atoms with Gasteiger partial charge in [0.05, 0.1) is 12.7 Å². The molecule has 122 valence electrons. The summed E-state index contributed by atoms with van der Waals surface area (Å²) in [7, 11) is 3.88. The van der Waals surface area contributed by atoms with Gasteiger partial charge in [-0.2, -0.15) is 0 Å². The van der Waals surface area contributed by atoms with E-state index >= 15 is 0 Å². The maximum absolute atomic E-state index is 5.77. The van der Waals surface area contributed by atoms with Crippen LogP contribution in [0.15, 0.2) is 23.3 Å². The van der Waals surface area contributed by atoms with Crippen molar-refractivity contribution in [3.8, 4) is 0 Å². The number of ether oxygens (including phenoxy) is 1. The number of hydrogen-bond acceptors (Lipinski definition) is 4. The van der Waals surface area contributed by atoms with Gasteiger partial charge in [0.15, 0.2) is 5.96 Å². The van der Waals surface area contributed by atoms with Gasteiger partial charge in [-0.05, 0) is 25.1 Å². The number of rotatable bonds is 5. The summed E-state index contributed by atoms with van der Waals surface area (Å²) in [6.45, 7) is 4.28. The minimum Gasteiger partial charge on any atom is -0.374 e. The Morgan fingerprint density at radius 3 is 3.05 bits per heavy atom. The molecule has 1 aromatic heterocycles. The molecular weight excluding hydrogens is 302 g/mol. The molecule has 0 aliphatic carbocycles. The molecule has 1 atom stereocenters. The molecule has 0 amide bonds. The van der Waals surface area contributed by atoms with Crippen molar-refractivity contribution < 1.29 is 4.74 Å². The van der Waals surface area contributed by atoms with Gasteiger partial charge in [-0.1, -0.05) is 17.7 Å². The zero-order chi connectivity index (χ0) is 15.8. The van der Waals surface area contributed by atoms with Crippen LogP contribution >= 0.6 is 11.6 Å². The van der Waals surface area contributed by atoms with Crippen LogP contribution in [-0.2, 0) is 11.2 Å². The Morgan fingerprint density at radius 2 is 2.36 bits per heavy atom. The molecule has 1 aromatic rings. The van der Waals surface area contributed by atoms with Crippen molar-refractivity contribution in [2.75, 3.05) is 46.9 Å². The summed E-state index contributed by atoms with van der Waals surface area (Å²) in [6, 6.07) is 3.79. The molecule has 0 aromatic carbocycles. The average molecular weight is 326 g/mol. The van der Waals surface area contributed by atoms with Crippen molar-refractivity contribution in [3.63, 3.8) is 0 Å². The first-order chi connectivity index (χ1) is 10.7. The van der Waals surface area contributed by atoms with Crippen LogP contribution in [-0.4, -0.2) is 68.8 Å². The lowest BCUT2D eigenvalue weighted by atomic mass is 10.2. The second-order valence-electron chi connectivity index (χ2n) is 5.37. The van der Waals surface area contributed by atoms with Gasteiger partial charge in [-0.25, -0.2) is 4.98 Å². The SMILES string of the molecule is CN=C(NCCc1ccc(Cl)nc1)NCC1CN(C)CCO1. The van der Waals surface area contributed by atoms with Gasteiger partial charge < -0.3 is 20.3 Å². The lowest BCUT2D eigenvalue weighted by Crippen LogP contribution is -2.48. The normalized spacial score (nSPS) is 20.0. The Labute approximate surface area is 136 Å². The number of likely N-dealkylation sites (N-methyl/N-ethyl adjacent to an activating group) is 1. The van der Waals surface area contributed by atoms with Gasteiger partial charge in [-0.15, -0.1) is 0 Å². The smallest absolute Gasteiger partial charge is 0.191 e. The maximum Gasteiger partial charge on any atom is 0.191 e. The van der Waals surface area contributed by atoms with E-state index in [1.54, 1.807) is 19.3 Å². The predicted molar refractivity (Wildman–Crippen MR) is 89.6 cm³/mol. The highest BCUT2D eigenvalue weighted by Crippen LogP contribution is 2.05. The summed E-state index contributed by atoms with van der Waals surface area (Å²) in [6.07, 6.45) is 2.87. The summed E-state index contributed by atoms with van der Waals surface area (Å²) in [5, 5.41) is 7.12. The van der Waals surface area contributed by atoms with Gasteiger partial charge in [0.25, 0.3) is 0 Å². The van der Waals surface area contributed by atoms with E-state index in [1.807, 2.05) is 6.07 Å². The van der Waals surface area contributed by atoms with Crippen LogP contribution in [0.3, 0.4) is 0 Å². The molecule has 7 heteroatoms. The van der Waals surface area contributed by atoms with Crippen molar-refractivity contribution in [3.05, 3.63) is 29.0 Å². The fourth-order valence-corrected chi connectivity index (χ4v) is 2.41. The number of aliphatic imine (C=N–C) groups is 1. The number of morpholine rings is 1. The maximum atomic E-state index is 5.77. The standard InChI is InChI=1S/C15H24ClN5O/c1-17-15(20-10-13-11-21(2)7-8-22-13)18-6-5-12-3-4-14(16)19-9-12/h3-4,9,13H,5-8,10-11H2,1-2H3,(H2,17,18,20). The third-order valence-corrected chi connectivity index (χ3v) is 3.78. The van der Waals surface area contributed by atoms with Crippen molar-refractivity contribution >= 4 is 17.6 Å². The van der Waals surface area contributed by atoms with E-state index < -0.39 is 0 Å². The molecule has 2 heterocycles. The van der Waals surface area contributed by atoms with Crippen LogP contribution in [0, 0.1) is 0 Å². The summed E-state index contributed by atoms with van der Waals surface area (Å²) >= 11 is 5.77. The molecule has 1 fully saturated rings. The molecule has 2 rings (SSSR count). The minimum absolute atomic E-state index is 0.206. The highest BCUT2D eigenvalue weighted by molar-refractivity contribution is 6.29. The summed E-state index contributed by atoms with van der Waals surface area (Å²) < 4.78 is 5.72. The summed E-state index contributed by atoms with van der Waals surface area (Å²) in [4.78, 5) is 10.6. The highest BCUT2D eigenvalue weighted by Gasteiger charge is 2.17. The molecule has 1 aliphatic heterocycles. The monoisotopic (exact) mass is 325 g/mol. The van der Waals surface area contributed by atoms with Gasteiger partial charge in [0.2, 0.25) is 0 Å². The molecule has 0 radical (unpaired) electrons. The highest BCUT2D eigenvalue weighted by atomic mass is 35.5. The number of pyridine rings is 1. The second kappa shape index (κ2) is 8.92. The van der Waals surface area contributed by atoms with Gasteiger partial charge in [-0.3, -0.25) is 4.99 Å². The number of nitrogens with zero attached hydrogens (tertiary/aromatic N) is 3. The van der Waals surface area contributed by atoms with Crippen LogP contribution in [0.25, 0.3) is 0 Å². The Kier molecular flexibility index (Phi) is 6.89. The molecule has 0 bridgehead atoms. The number of halogens is 1. The summed E-state index contributed by atoms with van der Waals surface area (Å²) in [5.41, 5.74) is 1.14. The van der Waals surface area contributed by atoms with E-state index in [0.717, 1.165) is 50.7 Å². The third kappa shape index (κ3) is 5.79. The molecule has 1 aliphatic rings. The quantitative estimate of drug-likeness (QED) is 0.476. The average Bonchev–Trinajstić information content (AvgIpc) is 2.52. The Bertz CT molecular complexity index is 479. The molecule has 1 saturated heterocycles. The number of guanidine groups is 1. The Balaban J connectivity index is 1.67. The molecule has 0 spiro atoms. The van der Waals surface area contributed by atoms with Crippen molar-refractivity contribution in [2.45, 2.75) is 12.5 Å². The molecular formula is C15H24ClN5O. The number of nitrogens with one attached hydrogen (secondary N) is 2. The lowest BCUT2D eigenvalue weighted by molar-refractivity contribution is -0.0161. The predicted octanol–water partition coefficient (Wildman–Crippen LogP) is 0.773. The van der Waals surface area contributed by atoms with E-state index in [-0.39, 0.29) is 6.10 Å². The van der Waals surface area contributed by atoms with E-state index in [1.165, 1.54) is 0 Å². The molecule has 0 saturated carbocycles. The van der Waals surface area contributed by atoms with Gasteiger partial charge in [0.1, 0.15) is 5.15 Å². The zero-order valence-electron chi connectivity index (χ0n) is 13.2. The van der Waals surface area contributed by atoms with Crippen LogP contribution in [0.5, 0.6) is 0 Å². The summed E-state index contributed by atoms with van der Waals surface area (Å²) in [5.74, 6) is 0.791. The zero-order valence-corrected chi connectivity index (χ0v) is 13.9. The topological polar surface area (TPSA) is 61.8 Å². The molecule has 22 heavy (non-hydrogen) atoms. The van der Waals surface area contributed by atoms with Crippen LogP contribution in [0.4, 0.5) is 0 Å². The van der Waals surface area contributed by atoms with Crippen molar-refractivity contribution in [2.24, 2.45) is 4.99 Å². The van der Waals surface area contributed by atoms with Crippen molar-refractivity contribution in [1.29, 1.82) is 0 Å². The minimum atomic E-state index is 0.206. The van der Waals surface area contributed by atoms with Crippen LogP contribution < -0.4 is 10.6 Å². The fourth-order valence-electron chi connectivity index (χ4n) is 2.30. The molecule has 6 nitrogen and oxygen atoms in total. The van der Waals surface area contributed by atoms with Crippen LogP contribution in [0.1, 0.15) is 5.56 Å². The first-order valence-electron chi connectivity index (χ1n) is 7.52. The van der Waals surface area contributed by atoms with E-state index in [9.17, 15) is 0 Å². The first-order valence-corrected chi connectivity index (χ1v) is 7.90. The van der Waals surface area contributed by atoms with E-state index in [4.69, 9.17) is 16.3 Å². The van der Waals surface area contributed by atoms with Crippen molar-refractivity contribution in [1.82, 2.24) is 20.5 Å². The lowest BCUT2D eigenvalue weighted by Gasteiger charge is -2.30. The Hall–Kier alpha value is -1.37. The Morgan fingerprint density at radius 1 is 1.50 bits per heavy atom. The first kappa shape index (κ1) is 17.0. The molecule has 1 unspecified atom stereocenters. The van der Waals surface area contributed by atoms with Gasteiger partial charge in [0, 0.05) is 39.4 Å². The van der Waals surface area contributed by atoms with E-state index in [2.05, 4.69) is 32.6 Å². The second-order valence-corrected chi connectivity index (χ2v) is 5.76. The van der Waals surface area contributed by atoms with E-state index in [0.29, 0.717) is 5.15 Å². The third-order valence-electron chi connectivity index (χ3n) is 3.56. The fraction of sp³-hybridized carbons (Fsp3) is 0.600.